The van der Waals surface area contributed by atoms with Crippen molar-refractivity contribution in [3.05, 3.63) is 83.1 Å². The van der Waals surface area contributed by atoms with Gasteiger partial charge in [-0.1, -0.05) is 6.07 Å². The van der Waals surface area contributed by atoms with Crippen LogP contribution in [0.15, 0.2) is 48.8 Å². The zero-order chi connectivity index (χ0) is 25.3. The van der Waals surface area contributed by atoms with Crippen LogP contribution < -0.4 is 0 Å². The Kier molecular flexibility index (Phi) is 7.00. The number of carbonyl (C=O) groups excluding carboxylic acids is 1. The molecule has 0 unspecified atom stereocenters. The van der Waals surface area contributed by atoms with Crippen molar-refractivity contribution in [2.45, 2.75) is 43.7 Å². The minimum atomic E-state index is -1.82. The maximum absolute atomic E-state index is 14.4. The van der Waals surface area contributed by atoms with Gasteiger partial charge < -0.3 is 20.1 Å². The third-order valence-electron chi connectivity index (χ3n) is 6.31. The Balaban J connectivity index is 1.62. The van der Waals surface area contributed by atoms with Crippen LogP contribution in [0.3, 0.4) is 0 Å². The molecule has 1 aliphatic heterocycles. The smallest absolute Gasteiger partial charge is 0.185 e. The number of pyridine rings is 2. The Morgan fingerprint density at radius 1 is 1.14 bits per heavy atom. The molecule has 2 aromatic heterocycles. The van der Waals surface area contributed by atoms with Gasteiger partial charge in [0.2, 0.25) is 0 Å². The van der Waals surface area contributed by atoms with E-state index in [2.05, 4.69) is 9.97 Å². The van der Waals surface area contributed by atoms with Gasteiger partial charge in [-0.05, 0) is 48.4 Å². The molecular formula is C25H23F3N2O5. The van der Waals surface area contributed by atoms with Gasteiger partial charge >= 0.3 is 0 Å². The molecular weight excluding hydrogens is 465 g/mol. The van der Waals surface area contributed by atoms with Crippen molar-refractivity contribution < 1.29 is 38.0 Å². The third kappa shape index (κ3) is 4.70. The summed E-state index contributed by atoms with van der Waals surface area (Å²) in [6.45, 7) is 0.828. The molecule has 4 rings (SSSR count). The second kappa shape index (κ2) is 9.82. The summed E-state index contributed by atoms with van der Waals surface area (Å²) < 4.78 is 48.6. The number of aliphatic hydroxyl groups is 3. The molecule has 1 fully saturated rings. The van der Waals surface area contributed by atoms with Gasteiger partial charge in [0.15, 0.2) is 5.78 Å². The van der Waals surface area contributed by atoms with E-state index < -0.39 is 65.0 Å². The number of aliphatic hydroxyl groups excluding tert-OH is 2. The number of halogens is 3. The van der Waals surface area contributed by atoms with E-state index in [0.29, 0.717) is 11.1 Å². The number of hydrogen-bond donors (Lipinski definition) is 3. The molecule has 184 valence electrons. The van der Waals surface area contributed by atoms with Crippen molar-refractivity contribution in [1.29, 1.82) is 0 Å². The predicted octanol–water partition coefficient (Wildman–Crippen LogP) is 2.92. The summed E-state index contributed by atoms with van der Waals surface area (Å²) in [6.07, 6.45) is -0.271. The lowest BCUT2D eigenvalue weighted by Crippen LogP contribution is -2.58. The van der Waals surface area contributed by atoms with Crippen LogP contribution in [0.5, 0.6) is 0 Å². The summed E-state index contributed by atoms with van der Waals surface area (Å²) in [5.74, 6) is -3.57. The van der Waals surface area contributed by atoms with Crippen molar-refractivity contribution in [2.24, 2.45) is 0 Å². The monoisotopic (exact) mass is 488 g/mol. The van der Waals surface area contributed by atoms with Gasteiger partial charge in [0.1, 0.15) is 34.4 Å². The first kappa shape index (κ1) is 24.9. The van der Waals surface area contributed by atoms with Gasteiger partial charge in [-0.2, -0.15) is 0 Å². The van der Waals surface area contributed by atoms with E-state index >= 15 is 0 Å². The minimum absolute atomic E-state index is 0.0435. The van der Waals surface area contributed by atoms with E-state index in [-0.39, 0.29) is 18.5 Å². The first-order valence-corrected chi connectivity index (χ1v) is 10.9. The second-order valence-corrected chi connectivity index (χ2v) is 8.47. The van der Waals surface area contributed by atoms with E-state index in [1.54, 1.807) is 6.07 Å². The Morgan fingerprint density at radius 2 is 1.86 bits per heavy atom. The number of hydrogen-bond acceptors (Lipinski definition) is 7. The van der Waals surface area contributed by atoms with E-state index in [9.17, 15) is 33.3 Å². The molecule has 0 saturated carbocycles. The fourth-order valence-corrected chi connectivity index (χ4v) is 4.19. The van der Waals surface area contributed by atoms with E-state index in [1.165, 1.54) is 19.3 Å². The standard InChI is InChI=1S/C25H23F3N2O5/c1-13-25(34,12-31)22(33)10-21(35-13)15-7-8-29-11-14(15)9-20(32)19-6-5-18(28)24(30-19)23-16(26)3-2-4-17(23)27/h2-8,11,13,21-22,31,33-34H,9-10,12H2,1H3/t13-,21-,22-,25-/m0/s1. The Bertz CT molecular complexity index is 1220. The number of rotatable bonds is 6. The number of ketones is 1. The molecule has 10 heteroatoms. The van der Waals surface area contributed by atoms with Gasteiger partial charge in [0.25, 0.3) is 0 Å². The number of aromatic nitrogens is 2. The van der Waals surface area contributed by atoms with Crippen molar-refractivity contribution in [3.8, 4) is 11.3 Å². The summed E-state index contributed by atoms with van der Waals surface area (Å²) >= 11 is 0. The fraction of sp³-hybridized carbons (Fsp3) is 0.320. The fourth-order valence-electron chi connectivity index (χ4n) is 4.19. The van der Waals surface area contributed by atoms with E-state index in [0.717, 1.165) is 30.3 Å². The van der Waals surface area contributed by atoms with Gasteiger partial charge in [-0.25, -0.2) is 18.2 Å². The number of carbonyl (C=O) groups is 1. The van der Waals surface area contributed by atoms with Crippen molar-refractivity contribution in [3.63, 3.8) is 0 Å². The SMILES string of the molecule is C[C@@H]1O[C@H](c2ccncc2CC(=O)c2ccc(F)c(-c3c(F)cccc3F)n2)C[C@H](O)[C@]1(O)CO. The summed E-state index contributed by atoms with van der Waals surface area (Å²) in [7, 11) is 0. The number of ether oxygens (including phenoxy) is 1. The molecule has 3 N–H and O–H groups in total. The summed E-state index contributed by atoms with van der Waals surface area (Å²) in [6, 6.07) is 6.72. The average molecular weight is 488 g/mol. The lowest BCUT2D eigenvalue weighted by molar-refractivity contribution is -0.236. The molecule has 7 nitrogen and oxygen atoms in total. The Hall–Kier alpha value is -3.18. The first-order valence-electron chi connectivity index (χ1n) is 10.9. The molecule has 0 spiro atoms. The normalized spacial score (nSPS) is 24.4. The minimum Gasteiger partial charge on any atom is -0.393 e. The van der Waals surface area contributed by atoms with Crippen molar-refractivity contribution in [1.82, 2.24) is 9.97 Å². The maximum Gasteiger partial charge on any atom is 0.185 e. The summed E-state index contributed by atoms with van der Waals surface area (Å²) in [5, 5.41) is 30.3. The number of Topliss-reactive ketones (excluding diaryl/α,β-unsaturated/α-hetero) is 1. The van der Waals surface area contributed by atoms with Crippen molar-refractivity contribution >= 4 is 5.78 Å². The second-order valence-electron chi connectivity index (χ2n) is 8.47. The average Bonchev–Trinajstić information content (AvgIpc) is 2.83. The van der Waals surface area contributed by atoms with E-state index in [4.69, 9.17) is 4.74 Å². The third-order valence-corrected chi connectivity index (χ3v) is 6.31. The molecule has 1 aliphatic rings. The first-order chi connectivity index (χ1) is 16.7. The van der Waals surface area contributed by atoms with Crippen LogP contribution in [0.2, 0.25) is 0 Å². The summed E-state index contributed by atoms with van der Waals surface area (Å²) in [5.41, 5.74) is -2.35. The van der Waals surface area contributed by atoms with Crippen LogP contribution in [0.1, 0.15) is 41.1 Å². The van der Waals surface area contributed by atoms with Crippen LogP contribution in [-0.4, -0.2) is 55.5 Å². The molecule has 35 heavy (non-hydrogen) atoms. The molecule has 1 saturated heterocycles. The highest BCUT2D eigenvalue weighted by Gasteiger charge is 2.48. The predicted molar refractivity (Wildman–Crippen MR) is 118 cm³/mol. The van der Waals surface area contributed by atoms with E-state index in [1.807, 2.05) is 0 Å². The quantitative estimate of drug-likeness (QED) is 0.458. The largest absolute Gasteiger partial charge is 0.393 e. The van der Waals surface area contributed by atoms with Crippen LogP contribution in [0, 0.1) is 17.5 Å². The number of nitrogens with zero attached hydrogens (tertiary/aromatic N) is 2. The van der Waals surface area contributed by atoms with Gasteiger partial charge in [-0.15, -0.1) is 0 Å². The summed E-state index contributed by atoms with van der Waals surface area (Å²) in [4.78, 5) is 21.0. The molecule has 0 bridgehead atoms. The molecule has 3 aromatic rings. The lowest BCUT2D eigenvalue weighted by atomic mass is 9.83. The van der Waals surface area contributed by atoms with Gasteiger partial charge in [0.05, 0.1) is 30.5 Å². The maximum atomic E-state index is 14.4. The molecule has 0 radical (unpaired) electrons. The Labute approximate surface area is 198 Å². The zero-order valence-corrected chi connectivity index (χ0v) is 18.7. The molecule has 3 heterocycles. The van der Waals surface area contributed by atoms with Crippen LogP contribution in [0.25, 0.3) is 11.3 Å². The number of benzene rings is 1. The van der Waals surface area contributed by atoms with Gasteiger partial charge in [0, 0.05) is 25.2 Å². The molecule has 4 atom stereocenters. The molecule has 1 aromatic carbocycles. The van der Waals surface area contributed by atoms with Crippen LogP contribution in [0.4, 0.5) is 13.2 Å². The zero-order valence-electron chi connectivity index (χ0n) is 18.7. The topological polar surface area (TPSA) is 113 Å². The van der Waals surface area contributed by atoms with Crippen LogP contribution >= 0.6 is 0 Å². The highest BCUT2D eigenvalue weighted by Crippen LogP contribution is 2.38. The van der Waals surface area contributed by atoms with Crippen molar-refractivity contribution in [2.75, 3.05) is 6.61 Å². The lowest BCUT2D eigenvalue weighted by Gasteiger charge is -2.44. The highest BCUT2D eigenvalue weighted by molar-refractivity contribution is 5.96. The highest BCUT2D eigenvalue weighted by atomic mass is 19.1. The van der Waals surface area contributed by atoms with Gasteiger partial charge in [-0.3, -0.25) is 9.78 Å². The molecule has 0 amide bonds. The van der Waals surface area contributed by atoms with Crippen LogP contribution in [-0.2, 0) is 11.2 Å². The Morgan fingerprint density at radius 3 is 2.51 bits per heavy atom. The molecule has 0 aliphatic carbocycles.